The van der Waals surface area contributed by atoms with Gasteiger partial charge in [0, 0.05) is 34.0 Å². The molecule has 0 N–H and O–H groups in total. The number of rotatable bonds is 4. The van der Waals surface area contributed by atoms with Crippen molar-refractivity contribution in [3.63, 3.8) is 0 Å². The molecule has 4 nitrogen and oxygen atoms in total. The molecule has 32 heavy (non-hydrogen) atoms. The molecule has 5 rings (SSSR count). The quantitative estimate of drug-likeness (QED) is 0.312. The first-order chi connectivity index (χ1) is 15.6. The molecule has 0 aliphatic heterocycles. The Morgan fingerprint density at radius 3 is 1.44 bits per heavy atom. The molecular weight excluding hydrogens is 392 g/mol. The second kappa shape index (κ2) is 8.52. The number of pyridine rings is 4. The summed E-state index contributed by atoms with van der Waals surface area (Å²) >= 11 is 0. The molecule has 4 aromatic heterocycles. The van der Waals surface area contributed by atoms with Crippen molar-refractivity contribution in [2.24, 2.45) is 14.1 Å². The third-order valence-corrected chi connectivity index (χ3v) is 5.38. The van der Waals surface area contributed by atoms with E-state index in [9.17, 15) is 0 Å². The zero-order valence-electron chi connectivity index (χ0n) is 18.2. The molecule has 0 unspecified atom stereocenters. The Morgan fingerprint density at radius 2 is 1.00 bits per heavy atom. The lowest BCUT2D eigenvalue weighted by atomic mass is 10.1. The summed E-state index contributed by atoms with van der Waals surface area (Å²) < 4.78 is 4.07. The van der Waals surface area contributed by atoms with E-state index in [0.29, 0.717) is 0 Å². The van der Waals surface area contributed by atoms with Crippen molar-refractivity contribution in [2.75, 3.05) is 0 Å². The minimum absolute atomic E-state index is 0.913. The van der Waals surface area contributed by atoms with Crippen molar-refractivity contribution in [1.82, 2.24) is 9.97 Å². The highest BCUT2D eigenvalue weighted by molar-refractivity contribution is 6.03. The van der Waals surface area contributed by atoms with Crippen LogP contribution < -0.4 is 9.13 Å². The van der Waals surface area contributed by atoms with Crippen molar-refractivity contribution in [2.45, 2.75) is 0 Å². The van der Waals surface area contributed by atoms with Crippen molar-refractivity contribution in [3.8, 4) is 0 Å². The molecule has 5 aromatic rings. The lowest BCUT2D eigenvalue weighted by Crippen LogP contribution is -2.26. The van der Waals surface area contributed by atoms with E-state index >= 15 is 0 Å². The van der Waals surface area contributed by atoms with Gasteiger partial charge in [-0.1, -0.05) is 24.3 Å². The fourth-order valence-electron chi connectivity index (χ4n) is 3.77. The maximum absolute atomic E-state index is 4.93. The molecule has 0 aliphatic carbocycles. The zero-order chi connectivity index (χ0) is 21.9. The maximum atomic E-state index is 4.93. The Bertz CT molecular complexity index is 1380. The first-order valence-corrected chi connectivity index (χ1v) is 10.6. The summed E-state index contributed by atoms with van der Waals surface area (Å²) in [6, 6.07) is 20.8. The van der Waals surface area contributed by atoms with Crippen LogP contribution in [0.5, 0.6) is 0 Å². The Morgan fingerprint density at radius 1 is 0.562 bits per heavy atom. The van der Waals surface area contributed by atoms with Crippen LogP contribution in [0.4, 0.5) is 0 Å². The van der Waals surface area contributed by atoms with Gasteiger partial charge >= 0.3 is 0 Å². The molecular formula is C28H24N4+2. The number of benzene rings is 1. The molecule has 0 amide bonds. The minimum atomic E-state index is 0.913. The third-order valence-electron chi connectivity index (χ3n) is 5.38. The van der Waals surface area contributed by atoms with Crippen LogP contribution in [0.1, 0.15) is 22.5 Å². The maximum Gasteiger partial charge on any atom is 0.175 e. The van der Waals surface area contributed by atoms with Gasteiger partial charge in [0.05, 0.1) is 22.4 Å². The van der Waals surface area contributed by atoms with Crippen LogP contribution in [-0.2, 0) is 14.1 Å². The second-order valence-corrected chi connectivity index (χ2v) is 7.95. The van der Waals surface area contributed by atoms with Gasteiger partial charge in [0.25, 0.3) is 0 Å². The normalized spacial score (nSPS) is 11.8. The molecule has 0 radical (unpaired) electrons. The SMILES string of the molecule is C[n+]1cccc(/C=C/c2ccc3ccc4ccc(/C=C/c5ccc[n+](C)c5)nc4c3n2)c1. The highest BCUT2D eigenvalue weighted by Gasteiger charge is 2.05. The van der Waals surface area contributed by atoms with Gasteiger partial charge in [-0.2, -0.15) is 0 Å². The molecule has 4 heteroatoms. The molecule has 0 aliphatic rings. The van der Waals surface area contributed by atoms with Crippen molar-refractivity contribution in [1.29, 1.82) is 0 Å². The molecule has 0 fully saturated rings. The first kappa shape index (κ1) is 19.8. The fourth-order valence-corrected chi connectivity index (χ4v) is 3.77. The summed E-state index contributed by atoms with van der Waals surface area (Å²) in [5, 5.41) is 2.17. The molecule has 0 saturated heterocycles. The van der Waals surface area contributed by atoms with Crippen molar-refractivity contribution >= 4 is 46.1 Å². The summed E-state index contributed by atoms with van der Waals surface area (Å²) in [7, 11) is 4.04. The van der Waals surface area contributed by atoms with E-state index in [-0.39, 0.29) is 0 Å². The third kappa shape index (κ3) is 4.30. The molecule has 0 saturated carbocycles. The topological polar surface area (TPSA) is 33.5 Å². The van der Waals surface area contributed by atoms with E-state index in [1.54, 1.807) is 0 Å². The van der Waals surface area contributed by atoms with Crippen LogP contribution in [0.15, 0.2) is 85.5 Å². The Balaban J connectivity index is 1.53. The molecule has 0 spiro atoms. The van der Waals surface area contributed by atoms with E-state index in [4.69, 9.17) is 9.97 Å². The fraction of sp³-hybridized carbons (Fsp3) is 0.0714. The van der Waals surface area contributed by atoms with Gasteiger partial charge in [0.15, 0.2) is 24.8 Å². The van der Waals surface area contributed by atoms with Gasteiger partial charge in [0.1, 0.15) is 14.1 Å². The summed E-state index contributed by atoms with van der Waals surface area (Å²) in [5.41, 5.74) is 5.94. The smallest absolute Gasteiger partial charge is 0.175 e. The van der Waals surface area contributed by atoms with E-state index in [0.717, 1.165) is 44.3 Å². The average molecular weight is 417 g/mol. The van der Waals surface area contributed by atoms with Gasteiger partial charge in [-0.05, 0) is 48.6 Å². The Hall–Kier alpha value is -4.18. The molecule has 0 atom stereocenters. The molecule has 154 valence electrons. The van der Waals surface area contributed by atoms with Crippen molar-refractivity contribution < 1.29 is 9.13 Å². The van der Waals surface area contributed by atoms with E-state index in [2.05, 4.69) is 60.9 Å². The lowest BCUT2D eigenvalue weighted by molar-refractivity contribution is -0.671. The van der Waals surface area contributed by atoms with Gasteiger partial charge < -0.3 is 0 Å². The highest BCUT2D eigenvalue weighted by Crippen LogP contribution is 2.24. The predicted molar refractivity (Wildman–Crippen MR) is 130 cm³/mol. The molecule has 1 aromatic carbocycles. The summed E-state index contributed by atoms with van der Waals surface area (Å²) in [6.45, 7) is 0. The van der Waals surface area contributed by atoms with Crippen LogP contribution in [0.25, 0.3) is 46.1 Å². The van der Waals surface area contributed by atoms with E-state index in [1.807, 2.05) is 72.0 Å². The number of fused-ring (bicyclic) bond motifs is 3. The van der Waals surface area contributed by atoms with Crippen LogP contribution in [0.3, 0.4) is 0 Å². The first-order valence-electron chi connectivity index (χ1n) is 10.6. The number of hydrogen-bond donors (Lipinski definition) is 0. The monoisotopic (exact) mass is 416 g/mol. The van der Waals surface area contributed by atoms with Gasteiger partial charge in [0.2, 0.25) is 0 Å². The number of aryl methyl sites for hydroxylation is 2. The summed E-state index contributed by atoms with van der Waals surface area (Å²) in [5.74, 6) is 0. The number of aromatic nitrogens is 4. The van der Waals surface area contributed by atoms with Gasteiger partial charge in [-0.3, -0.25) is 0 Å². The van der Waals surface area contributed by atoms with Gasteiger partial charge in [-0.25, -0.2) is 19.1 Å². The summed E-state index contributed by atoms with van der Waals surface area (Å²) in [4.78, 5) is 9.86. The predicted octanol–water partition coefficient (Wildman–Crippen LogP) is 4.77. The van der Waals surface area contributed by atoms with E-state index < -0.39 is 0 Å². The van der Waals surface area contributed by atoms with Crippen LogP contribution in [0.2, 0.25) is 0 Å². The lowest BCUT2D eigenvalue weighted by Gasteiger charge is -2.05. The average Bonchev–Trinajstić information content (AvgIpc) is 2.81. The van der Waals surface area contributed by atoms with Crippen molar-refractivity contribution in [3.05, 3.63) is 108 Å². The molecule has 0 bridgehead atoms. The standard InChI is InChI=1S/C28H24N4/c1-31-17-3-5-21(19-31)7-13-25-15-11-23-9-10-24-12-16-26(30-28(24)27(23)29-25)14-8-22-6-4-18-32(2)20-22/h3-20H,1-2H3/q+2/b13-7+,14-8+. The Labute approximate surface area is 187 Å². The summed E-state index contributed by atoms with van der Waals surface area (Å²) in [6.07, 6.45) is 16.5. The van der Waals surface area contributed by atoms with Crippen LogP contribution in [-0.4, -0.2) is 9.97 Å². The number of nitrogens with zero attached hydrogens (tertiary/aromatic N) is 4. The van der Waals surface area contributed by atoms with E-state index in [1.165, 1.54) is 0 Å². The largest absolute Gasteiger partial charge is 0.246 e. The number of hydrogen-bond acceptors (Lipinski definition) is 2. The zero-order valence-corrected chi connectivity index (χ0v) is 18.2. The Kier molecular flexibility index (Phi) is 5.26. The van der Waals surface area contributed by atoms with Crippen LogP contribution >= 0.6 is 0 Å². The molecule has 4 heterocycles. The van der Waals surface area contributed by atoms with Crippen LogP contribution in [0, 0.1) is 0 Å². The van der Waals surface area contributed by atoms with Gasteiger partial charge in [-0.15, -0.1) is 0 Å². The second-order valence-electron chi connectivity index (χ2n) is 7.95. The highest BCUT2D eigenvalue weighted by atomic mass is 14.9. The minimum Gasteiger partial charge on any atom is -0.246 e.